The van der Waals surface area contributed by atoms with Crippen molar-refractivity contribution in [2.45, 2.75) is 17.9 Å². The third kappa shape index (κ3) is 3.23. The largest absolute Gasteiger partial charge is 0.478 e. The van der Waals surface area contributed by atoms with E-state index in [1.807, 2.05) is 0 Å². The van der Waals surface area contributed by atoms with Gasteiger partial charge in [-0.3, -0.25) is 4.79 Å². The average Bonchev–Trinajstić information content (AvgIpc) is 2.90. The molecule has 1 aliphatic rings. The van der Waals surface area contributed by atoms with Crippen LogP contribution in [0.3, 0.4) is 0 Å². The highest BCUT2D eigenvalue weighted by Gasteiger charge is 2.20. The normalized spacial score (nSPS) is 14.7. The highest BCUT2D eigenvalue weighted by molar-refractivity contribution is 7.99. The first-order valence-electron chi connectivity index (χ1n) is 5.88. The van der Waals surface area contributed by atoms with E-state index in [0.717, 1.165) is 43.8 Å². The number of halogens is 1. The van der Waals surface area contributed by atoms with Crippen LogP contribution in [0.4, 0.5) is 4.39 Å². The van der Waals surface area contributed by atoms with Crippen molar-refractivity contribution in [3.8, 4) is 0 Å². The molecule has 2 rings (SSSR count). The molecule has 0 unspecified atom stereocenters. The number of carboxylic acid groups (broad SMARTS) is 1. The van der Waals surface area contributed by atoms with Crippen molar-refractivity contribution in [3.63, 3.8) is 0 Å². The number of nitrogens with zero attached hydrogens (tertiary/aromatic N) is 2. The summed E-state index contributed by atoms with van der Waals surface area (Å²) in [7, 11) is 0. The molecule has 2 heterocycles. The molecular formula is C12H13FN2O3S. The molecule has 7 heteroatoms. The van der Waals surface area contributed by atoms with Gasteiger partial charge in [-0.2, -0.15) is 0 Å². The standard InChI is InChI=1S/C12H13FN2O3S/c13-10-8(12(17)18)3-4-14-11(10)19-7-9(16)15-5-1-2-6-15/h3-4H,1-2,5-7H2,(H,17,18). The summed E-state index contributed by atoms with van der Waals surface area (Å²) in [6.07, 6.45) is 3.23. The molecule has 1 fully saturated rings. The van der Waals surface area contributed by atoms with E-state index in [1.165, 1.54) is 6.20 Å². The Balaban J connectivity index is 2.01. The van der Waals surface area contributed by atoms with Crippen LogP contribution in [0.25, 0.3) is 0 Å². The van der Waals surface area contributed by atoms with Crippen molar-refractivity contribution < 1.29 is 19.1 Å². The third-order valence-corrected chi connectivity index (χ3v) is 3.83. The van der Waals surface area contributed by atoms with Crippen molar-refractivity contribution in [1.29, 1.82) is 0 Å². The summed E-state index contributed by atoms with van der Waals surface area (Å²) in [6.45, 7) is 1.48. The number of aromatic nitrogens is 1. The summed E-state index contributed by atoms with van der Waals surface area (Å²) in [6, 6.07) is 1.10. The van der Waals surface area contributed by atoms with E-state index in [9.17, 15) is 14.0 Å². The van der Waals surface area contributed by atoms with Crippen LogP contribution in [0.2, 0.25) is 0 Å². The molecule has 0 bridgehead atoms. The molecule has 1 aromatic heterocycles. The molecule has 19 heavy (non-hydrogen) atoms. The monoisotopic (exact) mass is 284 g/mol. The number of amides is 1. The van der Waals surface area contributed by atoms with Gasteiger partial charge in [0.1, 0.15) is 5.03 Å². The molecule has 0 saturated carbocycles. The summed E-state index contributed by atoms with van der Waals surface area (Å²) >= 11 is 0.933. The zero-order valence-corrected chi connectivity index (χ0v) is 11.0. The van der Waals surface area contributed by atoms with Crippen molar-refractivity contribution in [3.05, 3.63) is 23.6 Å². The molecule has 1 aromatic rings. The molecule has 1 N–H and O–H groups in total. The quantitative estimate of drug-likeness (QED) is 0.851. The molecule has 0 aromatic carbocycles. The number of thioether (sulfide) groups is 1. The molecule has 102 valence electrons. The van der Waals surface area contributed by atoms with Crippen LogP contribution in [0.1, 0.15) is 23.2 Å². The Bertz CT molecular complexity index is 504. The minimum atomic E-state index is -1.34. The number of aromatic carboxylic acids is 1. The van der Waals surface area contributed by atoms with Gasteiger partial charge in [0.25, 0.3) is 0 Å². The second-order valence-corrected chi connectivity index (χ2v) is 5.12. The zero-order chi connectivity index (χ0) is 13.8. The maximum Gasteiger partial charge on any atom is 0.338 e. The van der Waals surface area contributed by atoms with E-state index < -0.39 is 17.3 Å². The highest BCUT2D eigenvalue weighted by atomic mass is 32.2. The van der Waals surface area contributed by atoms with Crippen LogP contribution >= 0.6 is 11.8 Å². The van der Waals surface area contributed by atoms with E-state index in [0.29, 0.717) is 0 Å². The molecular weight excluding hydrogens is 271 g/mol. The molecule has 1 aliphatic heterocycles. The minimum absolute atomic E-state index is 0.0487. The van der Waals surface area contributed by atoms with Crippen LogP contribution in [-0.4, -0.2) is 45.7 Å². The fourth-order valence-electron chi connectivity index (χ4n) is 1.88. The molecule has 0 atom stereocenters. The lowest BCUT2D eigenvalue weighted by Gasteiger charge is -2.14. The Hall–Kier alpha value is -1.63. The van der Waals surface area contributed by atoms with Gasteiger partial charge in [0.15, 0.2) is 5.82 Å². The Kier molecular flexibility index (Phi) is 4.36. The van der Waals surface area contributed by atoms with E-state index in [-0.39, 0.29) is 16.7 Å². The van der Waals surface area contributed by atoms with Crippen molar-refractivity contribution in [2.75, 3.05) is 18.8 Å². The number of hydrogen-bond acceptors (Lipinski definition) is 4. The van der Waals surface area contributed by atoms with E-state index in [4.69, 9.17) is 5.11 Å². The van der Waals surface area contributed by atoms with Gasteiger partial charge in [-0.1, -0.05) is 11.8 Å². The lowest BCUT2D eigenvalue weighted by Crippen LogP contribution is -2.29. The summed E-state index contributed by atoms with van der Waals surface area (Å²) in [5.41, 5.74) is -0.425. The maximum absolute atomic E-state index is 13.8. The van der Waals surface area contributed by atoms with Crippen LogP contribution in [-0.2, 0) is 4.79 Å². The topological polar surface area (TPSA) is 70.5 Å². The van der Waals surface area contributed by atoms with Crippen LogP contribution in [0.15, 0.2) is 17.3 Å². The maximum atomic E-state index is 13.8. The summed E-state index contributed by atoms with van der Waals surface area (Å²) in [5.74, 6) is -2.21. The molecule has 5 nitrogen and oxygen atoms in total. The van der Waals surface area contributed by atoms with Gasteiger partial charge in [0, 0.05) is 19.3 Å². The lowest BCUT2D eigenvalue weighted by molar-refractivity contribution is -0.127. The highest BCUT2D eigenvalue weighted by Crippen LogP contribution is 2.22. The molecule has 0 radical (unpaired) electrons. The first kappa shape index (κ1) is 13.8. The second-order valence-electron chi connectivity index (χ2n) is 4.16. The van der Waals surface area contributed by atoms with E-state index in [2.05, 4.69) is 4.98 Å². The second kappa shape index (κ2) is 6.01. The van der Waals surface area contributed by atoms with E-state index >= 15 is 0 Å². The summed E-state index contributed by atoms with van der Waals surface area (Å²) in [5, 5.41) is 8.74. The Morgan fingerprint density at radius 3 is 2.74 bits per heavy atom. The van der Waals surface area contributed by atoms with Gasteiger partial charge in [-0.15, -0.1) is 0 Å². The fraction of sp³-hybridized carbons (Fsp3) is 0.417. The van der Waals surface area contributed by atoms with Crippen LogP contribution < -0.4 is 0 Å². The Morgan fingerprint density at radius 2 is 2.11 bits per heavy atom. The molecule has 1 saturated heterocycles. The number of likely N-dealkylation sites (tertiary alicyclic amines) is 1. The van der Waals surface area contributed by atoms with Gasteiger partial charge < -0.3 is 10.0 Å². The number of rotatable bonds is 4. The van der Waals surface area contributed by atoms with Crippen LogP contribution in [0.5, 0.6) is 0 Å². The van der Waals surface area contributed by atoms with Crippen molar-refractivity contribution >= 4 is 23.6 Å². The predicted molar refractivity (Wildman–Crippen MR) is 67.7 cm³/mol. The number of carbonyl (C=O) groups excluding carboxylic acids is 1. The third-order valence-electron chi connectivity index (χ3n) is 2.88. The summed E-state index contributed by atoms with van der Waals surface area (Å²) < 4.78 is 13.8. The lowest BCUT2D eigenvalue weighted by atomic mass is 10.3. The first-order chi connectivity index (χ1) is 9.09. The molecule has 0 spiro atoms. The first-order valence-corrected chi connectivity index (χ1v) is 6.86. The smallest absolute Gasteiger partial charge is 0.338 e. The van der Waals surface area contributed by atoms with E-state index in [1.54, 1.807) is 4.90 Å². The van der Waals surface area contributed by atoms with Gasteiger partial charge in [-0.25, -0.2) is 14.2 Å². The number of carboxylic acids is 1. The average molecular weight is 284 g/mol. The number of carbonyl (C=O) groups is 2. The molecule has 1 amide bonds. The SMILES string of the molecule is O=C(O)c1ccnc(SCC(=O)N2CCCC2)c1F. The Morgan fingerprint density at radius 1 is 1.42 bits per heavy atom. The fourth-order valence-corrected chi connectivity index (χ4v) is 2.69. The van der Waals surface area contributed by atoms with Crippen molar-refractivity contribution in [1.82, 2.24) is 9.88 Å². The zero-order valence-electron chi connectivity index (χ0n) is 10.1. The number of pyridine rings is 1. The minimum Gasteiger partial charge on any atom is -0.478 e. The van der Waals surface area contributed by atoms with Crippen LogP contribution in [0, 0.1) is 5.82 Å². The van der Waals surface area contributed by atoms with Gasteiger partial charge in [0.2, 0.25) is 5.91 Å². The predicted octanol–water partition coefficient (Wildman–Crippen LogP) is 1.63. The Labute approximate surface area is 113 Å². The summed E-state index contributed by atoms with van der Waals surface area (Å²) in [4.78, 5) is 28.1. The molecule has 0 aliphatic carbocycles. The van der Waals surface area contributed by atoms with Gasteiger partial charge >= 0.3 is 5.97 Å². The van der Waals surface area contributed by atoms with Gasteiger partial charge in [-0.05, 0) is 18.9 Å². The number of hydrogen-bond donors (Lipinski definition) is 1. The van der Waals surface area contributed by atoms with Crippen molar-refractivity contribution in [2.24, 2.45) is 0 Å². The van der Waals surface area contributed by atoms with Gasteiger partial charge in [0.05, 0.1) is 11.3 Å².